The van der Waals surface area contributed by atoms with Gasteiger partial charge in [-0.05, 0) is 37.0 Å². The van der Waals surface area contributed by atoms with Crippen molar-refractivity contribution in [3.05, 3.63) is 29.3 Å². The Morgan fingerprint density at radius 2 is 1.88 bits per heavy atom. The third-order valence-electron chi connectivity index (χ3n) is 2.44. The molecule has 0 aromatic heterocycles. The molecule has 1 N–H and O–H groups in total. The Kier molecular flexibility index (Phi) is 3.81. The molecule has 0 fully saturated rings. The van der Waals surface area contributed by atoms with Gasteiger partial charge in [-0.2, -0.15) is 0 Å². The standard InChI is InChI=1S/C14H20O3/c1-9(2)17-12-8-10(14(3,4)5)6-7-11(12)13(15)16/h6-9H,1-5H3,(H,15,16). The summed E-state index contributed by atoms with van der Waals surface area (Å²) in [6, 6.07) is 5.28. The Hall–Kier alpha value is -1.51. The van der Waals surface area contributed by atoms with Crippen molar-refractivity contribution in [3.63, 3.8) is 0 Å². The Morgan fingerprint density at radius 1 is 1.29 bits per heavy atom. The number of benzene rings is 1. The highest BCUT2D eigenvalue weighted by molar-refractivity contribution is 5.91. The van der Waals surface area contributed by atoms with Crippen LogP contribution < -0.4 is 4.74 Å². The number of hydrogen-bond acceptors (Lipinski definition) is 2. The summed E-state index contributed by atoms with van der Waals surface area (Å²) in [5, 5.41) is 9.09. The molecule has 0 unspecified atom stereocenters. The van der Waals surface area contributed by atoms with Crippen molar-refractivity contribution >= 4 is 5.97 Å². The minimum atomic E-state index is -0.957. The molecule has 0 saturated carbocycles. The molecule has 94 valence electrons. The van der Waals surface area contributed by atoms with E-state index in [0.717, 1.165) is 5.56 Å². The van der Waals surface area contributed by atoms with Crippen LogP contribution in [0.3, 0.4) is 0 Å². The zero-order valence-corrected chi connectivity index (χ0v) is 11.1. The second kappa shape index (κ2) is 4.78. The van der Waals surface area contributed by atoms with Crippen LogP contribution in [0.15, 0.2) is 18.2 Å². The molecule has 0 aliphatic heterocycles. The number of carboxylic acids is 1. The molecule has 0 bridgehead atoms. The first kappa shape index (κ1) is 13.6. The van der Waals surface area contributed by atoms with Gasteiger partial charge in [-0.1, -0.05) is 26.8 Å². The molecule has 0 amide bonds. The molecule has 0 radical (unpaired) electrons. The van der Waals surface area contributed by atoms with Gasteiger partial charge in [0.05, 0.1) is 6.10 Å². The van der Waals surface area contributed by atoms with Crippen molar-refractivity contribution in [2.75, 3.05) is 0 Å². The minimum Gasteiger partial charge on any atom is -0.490 e. The van der Waals surface area contributed by atoms with E-state index in [2.05, 4.69) is 20.8 Å². The number of ether oxygens (including phenoxy) is 1. The highest BCUT2D eigenvalue weighted by atomic mass is 16.5. The molecule has 3 nitrogen and oxygen atoms in total. The minimum absolute atomic E-state index is 0.0217. The SMILES string of the molecule is CC(C)Oc1cc(C(C)(C)C)ccc1C(=O)O. The van der Waals surface area contributed by atoms with Crippen LogP contribution in [0.1, 0.15) is 50.5 Å². The summed E-state index contributed by atoms with van der Waals surface area (Å²) in [7, 11) is 0. The second-order valence-corrected chi connectivity index (χ2v) is 5.43. The lowest BCUT2D eigenvalue weighted by Gasteiger charge is -2.21. The van der Waals surface area contributed by atoms with Crippen LogP contribution in [0, 0.1) is 0 Å². The van der Waals surface area contributed by atoms with Gasteiger partial charge >= 0.3 is 5.97 Å². The highest BCUT2D eigenvalue weighted by Gasteiger charge is 2.19. The summed E-state index contributed by atoms with van der Waals surface area (Å²) in [6.45, 7) is 10.0. The van der Waals surface area contributed by atoms with Gasteiger partial charge in [0.2, 0.25) is 0 Å². The van der Waals surface area contributed by atoms with Gasteiger partial charge in [0.15, 0.2) is 0 Å². The molecule has 0 spiro atoms. The van der Waals surface area contributed by atoms with Crippen LogP contribution in [-0.2, 0) is 5.41 Å². The molecule has 1 aromatic rings. The van der Waals surface area contributed by atoms with E-state index in [0.29, 0.717) is 5.75 Å². The first-order valence-corrected chi connectivity index (χ1v) is 5.76. The quantitative estimate of drug-likeness (QED) is 0.874. The van der Waals surface area contributed by atoms with E-state index in [9.17, 15) is 4.79 Å². The zero-order chi connectivity index (χ0) is 13.2. The molecule has 0 aliphatic rings. The van der Waals surface area contributed by atoms with Crippen LogP contribution in [-0.4, -0.2) is 17.2 Å². The lowest BCUT2D eigenvalue weighted by atomic mass is 9.86. The van der Waals surface area contributed by atoms with Crippen LogP contribution in [0.2, 0.25) is 0 Å². The fraction of sp³-hybridized carbons (Fsp3) is 0.500. The lowest BCUT2D eigenvalue weighted by molar-refractivity contribution is 0.0690. The van der Waals surface area contributed by atoms with Crippen LogP contribution >= 0.6 is 0 Å². The Morgan fingerprint density at radius 3 is 2.29 bits per heavy atom. The van der Waals surface area contributed by atoms with Crippen molar-refractivity contribution in [3.8, 4) is 5.75 Å². The average Bonchev–Trinajstić information content (AvgIpc) is 2.14. The predicted molar refractivity (Wildman–Crippen MR) is 67.9 cm³/mol. The van der Waals surface area contributed by atoms with Gasteiger partial charge < -0.3 is 9.84 Å². The Bertz CT molecular complexity index is 414. The molecular weight excluding hydrogens is 216 g/mol. The smallest absolute Gasteiger partial charge is 0.339 e. The topological polar surface area (TPSA) is 46.5 Å². The first-order chi connectivity index (χ1) is 7.71. The maximum absolute atomic E-state index is 11.1. The van der Waals surface area contributed by atoms with Gasteiger partial charge in [0.25, 0.3) is 0 Å². The van der Waals surface area contributed by atoms with E-state index in [-0.39, 0.29) is 17.1 Å². The summed E-state index contributed by atoms with van der Waals surface area (Å²) in [4.78, 5) is 11.1. The normalized spacial score (nSPS) is 11.6. The third-order valence-corrected chi connectivity index (χ3v) is 2.44. The maximum Gasteiger partial charge on any atom is 0.339 e. The fourth-order valence-electron chi connectivity index (χ4n) is 1.52. The molecule has 3 heteroatoms. The molecular formula is C14H20O3. The van der Waals surface area contributed by atoms with Crippen molar-refractivity contribution in [2.45, 2.75) is 46.1 Å². The van der Waals surface area contributed by atoms with Gasteiger partial charge in [0, 0.05) is 0 Å². The van der Waals surface area contributed by atoms with E-state index in [4.69, 9.17) is 9.84 Å². The van der Waals surface area contributed by atoms with Crippen molar-refractivity contribution in [1.29, 1.82) is 0 Å². The molecule has 17 heavy (non-hydrogen) atoms. The van der Waals surface area contributed by atoms with E-state index in [1.54, 1.807) is 6.07 Å². The summed E-state index contributed by atoms with van der Waals surface area (Å²) in [6.07, 6.45) is -0.0386. The van der Waals surface area contributed by atoms with E-state index in [1.807, 2.05) is 26.0 Å². The van der Waals surface area contributed by atoms with E-state index >= 15 is 0 Å². The molecule has 0 heterocycles. The molecule has 1 aromatic carbocycles. The molecule has 1 rings (SSSR count). The monoisotopic (exact) mass is 236 g/mol. The molecule has 0 saturated heterocycles. The Labute approximate surface area is 102 Å². The van der Waals surface area contributed by atoms with Crippen molar-refractivity contribution in [1.82, 2.24) is 0 Å². The van der Waals surface area contributed by atoms with Crippen LogP contribution in [0.25, 0.3) is 0 Å². The summed E-state index contributed by atoms with van der Waals surface area (Å²) < 4.78 is 5.56. The lowest BCUT2D eigenvalue weighted by Crippen LogP contribution is -2.14. The molecule has 0 atom stereocenters. The van der Waals surface area contributed by atoms with E-state index < -0.39 is 5.97 Å². The number of hydrogen-bond donors (Lipinski definition) is 1. The van der Waals surface area contributed by atoms with Gasteiger partial charge in [-0.25, -0.2) is 4.79 Å². The summed E-state index contributed by atoms with van der Waals surface area (Å²) in [5.41, 5.74) is 1.26. The zero-order valence-electron chi connectivity index (χ0n) is 11.1. The molecule has 0 aliphatic carbocycles. The number of aromatic carboxylic acids is 1. The number of carbonyl (C=O) groups is 1. The van der Waals surface area contributed by atoms with Crippen molar-refractivity contribution in [2.24, 2.45) is 0 Å². The first-order valence-electron chi connectivity index (χ1n) is 5.76. The number of rotatable bonds is 3. The van der Waals surface area contributed by atoms with Gasteiger partial charge in [-0.3, -0.25) is 0 Å². The second-order valence-electron chi connectivity index (χ2n) is 5.43. The summed E-state index contributed by atoms with van der Waals surface area (Å²) in [5.74, 6) is -0.513. The third kappa shape index (κ3) is 3.48. The predicted octanol–water partition coefficient (Wildman–Crippen LogP) is 3.47. The fourth-order valence-corrected chi connectivity index (χ4v) is 1.52. The van der Waals surface area contributed by atoms with Crippen molar-refractivity contribution < 1.29 is 14.6 Å². The van der Waals surface area contributed by atoms with Gasteiger partial charge in [-0.15, -0.1) is 0 Å². The average molecular weight is 236 g/mol. The Balaban J connectivity index is 3.24. The summed E-state index contributed by atoms with van der Waals surface area (Å²) >= 11 is 0. The van der Waals surface area contributed by atoms with E-state index in [1.165, 1.54) is 0 Å². The number of carboxylic acid groups (broad SMARTS) is 1. The highest BCUT2D eigenvalue weighted by Crippen LogP contribution is 2.29. The largest absolute Gasteiger partial charge is 0.490 e. The van der Waals surface area contributed by atoms with Gasteiger partial charge in [0.1, 0.15) is 11.3 Å². The van der Waals surface area contributed by atoms with Crippen LogP contribution in [0.5, 0.6) is 5.75 Å². The van der Waals surface area contributed by atoms with Crippen LogP contribution in [0.4, 0.5) is 0 Å². The maximum atomic E-state index is 11.1.